The van der Waals surface area contributed by atoms with Gasteiger partial charge in [-0.05, 0) is 44.7 Å². The minimum absolute atomic E-state index is 0.0190. The van der Waals surface area contributed by atoms with Crippen molar-refractivity contribution in [2.24, 2.45) is 0 Å². The van der Waals surface area contributed by atoms with E-state index in [4.69, 9.17) is 4.74 Å². The van der Waals surface area contributed by atoms with Gasteiger partial charge in [0.05, 0.1) is 24.6 Å². The molecule has 22 heavy (non-hydrogen) atoms. The summed E-state index contributed by atoms with van der Waals surface area (Å²) in [6.07, 6.45) is 4.84. The molecule has 0 amide bonds. The van der Waals surface area contributed by atoms with Crippen molar-refractivity contribution in [3.05, 3.63) is 24.0 Å². The highest BCUT2D eigenvalue weighted by Crippen LogP contribution is 2.28. The summed E-state index contributed by atoms with van der Waals surface area (Å²) in [5.74, 6) is 0.480. The molecule has 2 aliphatic rings. The van der Waals surface area contributed by atoms with E-state index in [1.165, 1.54) is 18.5 Å². The third kappa shape index (κ3) is 3.61. The van der Waals surface area contributed by atoms with Gasteiger partial charge >= 0.3 is 0 Å². The average Bonchev–Trinajstić information content (AvgIpc) is 3.31. The lowest BCUT2D eigenvalue weighted by Gasteiger charge is -2.42. The topological polar surface area (TPSA) is 37.4 Å². The molecule has 1 saturated heterocycles. The summed E-state index contributed by atoms with van der Waals surface area (Å²) in [4.78, 5) is 7.01. The van der Waals surface area contributed by atoms with Crippen LogP contribution in [0.15, 0.2) is 18.3 Å². The first-order chi connectivity index (χ1) is 10.5. The Morgan fingerprint density at radius 3 is 2.68 bits per heavy atom. The average molecular weight is 303 g/mol. The van der Waals surface area contributed by atoms with Crippen LogP contribution in [-0.2, 0) is 4.74 Å². The van der Waals surface area contributed by atoms with Crippen molar-refractivity contribution < 1.29 is 4.74 Å². The van der Waals surface area contributed by atoms with E-state index in [1.807, 2.05) is 6.20 Å². The van der Waals surface area contributed by atoms with Crippen LogP contribution < -0.4 is 10.2 Å². The van der Waals surface area contributed by atoms with Crippen molar-refractivity contribution in [1.82, 2.24) is 10.3 Å². The molecule has 1 atom stereocenters. The number of hydrogen-bond donors (Lipinski definition) is 1. The summed E-state index contributed by atoms with van der Waals surface area (Å²) >= 11 is 0. The molecule has 1 aliphatic carbocycles. The Morgan fingerprint density at radius 1 is 1.32 bits per heavy atom. The molecule has 1 saturated carbocycles. The van der Waals surface area contributed by atoms with E-state index in [2.05, 4.69) is 55.0 Å². The smallest absolute Gasteiger partial charge is 0.0926 e. The molecule has 0 aromatic carbocycles. The van der Waals surface area contributed by atoms with Crippen LogP contribution in [0.25, 0.3) is 0 Å². The first-order valence-electron chi connectivity index (χ1n) is 8.56. The van der Waals surface area contributed by atoms with Crippen LogP contribution in [0.2, 0.25) is 0 Å². The van der Waals surface area contributed by atoms with Gasteiger partial charge in [-0.25, -0.2) is 0 Å². The summed E-state index contributed by atoms with van der Waals surface area (Å²) in [6.45, 7) is 11.5. The van der Waals surface area contributed by atoms with Crippen LogP contribution in [-0.4, -0.2) is 42.4 Å². The largest absolute Gasteiger partial charge is 0.373 e. The molecule has 1 aromatic rings. The molecule has 1 aromatic heterocycles. The van der Waals surface area contributed by atoms with E-state index < -0.39 is 0 Å². The van der Waals surface area contributed by atoms with Gasteiger partial charge in [0.2, 0.25) is 0 Å². The zero-order valence-electron chi connectivity index (χ0n) is 14.3. The Balaban J connectivity index is 1.66. The minimum Gasteiger partial charge on any atom is -0.373 e. The Labute approximate surface area is 134 Å². The van der Waals surface area contributed by atoms with Crippen molar-refractivity contribution >= 4 is 5.69 Å². The third-order valence-electron chi connectivity index (χ3n) is 4.75. The fraction of sp³-hybridized carbons (Fsp3) is 0.722. The SMILES string of the molecule is CC(C)c1ccc(N2CCOC(C(C)(C)NC3CC3)C2)cn1. The predicted octanol–water partition coefficient (Wildman–Crippen LogP) is 2.94. The van der Waals surface area contributed by atoms with Crippen molar-refractivity contribution in [3.8, 4) is 0 Å². The molecule has 0 radical (unpaired) electrons. The molecule has 2 heterocycles. The number of hydrogen-bond acceptors (Lipinski definition) is 4. The van der Waals surface area contributed by atoms with Gasteiger partial charge in [-0.3, -0.25) is 4.98 Å². The molecule has 4 nitrogen and oxygen atoms in total. The molecule has 1 N–H and O–H groups in total. The lowest BCUT2D eigenvalue weighted by Crippen LogP contribution is -2.58. The second kappa shape index (κ2) is 6.17. The van der Waals surface area contributed by atoms with Gasteiger partial charge in [-0.2, -0.15) is 0 Å². The zero-order valence-corrected chi connectivity index (χ0v) is 14.3. The van der Waals surface area contributed by atoms with Gasteiger partial charge in [-0.15, -0.1) is 0 Å². The fourth-order valence-corrected chi connectivity index (χ4v) is 3.09. The maximum absolute atomic E-state index is 6.06. The third-order valence-corrected chi connectivity index (χ3v) is 4.75. The summed E-state index contributed by atoms with van der Waals surface area (Å²) < 4.78 is 6.06. The number of nitrogens with zero attached hydrogens (tertiary/aromatic N) is 2. The van der Waals surface area contributed by atoms with Crippen LogP contribution in [0.4, 0.5) is 5.69 Å². The van der Waals surface area contributed by atoms with Crippen molar-refractivity contribution in [2.45, 2.75) is 64.1 Å². The number of nitrogens with one attached hydrogen (secondary N) is 1. The van der Waals surface area contributed by atoms with Crippen molar-refractivity contribution in [1.29, 1.82) is 0 Å². The molecule has 0 spiro atoms. The van der Waals surface area contributed by atoms with Crippen LogP contribution in [0.1, 0.15) is 52.1 Å². The zero-order chi connectivity index (χ0) is 15.7. The standard InChI is InChI=1S/C18H29N3O/c1-13(2)16-8-7-15(11-19-16)21-9-10-22-17(12-21)18(3,4)20-14-5-6-14/h7-8,11,13-14,17,20H,5-6,9-10,12H2,1-4H3. The fourth-order valence-electron chi connectivity index (χ4n) is 3.09. The van der Waals surface area contributed by atoms with Crippen LogP contribution in [0.3, 0.4) is 0 Å². The monoisotopic (exact) mass is 303 g/mol. The van der Waals surface area contributed by atoms with Gasteiger partial charge in [0.1, 0.15) is 0 Å². The van der Waals surface area contributed by atoms with Gasteiger partial charge in [0.25, 0.3) is 0 Å². The number of pyridine rings is 1. The highest BCUT2D eigenvalue weighted by atomic mass is 16.5. The number of morpholine rings is 1. The quantitative estimate of drug-likeness (QED) is 0.907. The highest BCUT2D eigenvalue weighted by Gasteiger charge is 2.38. The van der Waals surface area contributed by atoms with Crippen molar-refractivity contribution in [3.63, 3.8) is 0 Å². The Bertz CT molecular complexity index is 494. The Kier molecular flexibility index (Phi) is 4.42. The van der Waals surface area contributed by atoms with E-state index in [9.17, 15) is 0 Å². The predicted molar refractivity (Wildman–Crippen MR) is 90.5 cm³/mol. The van der Waals surface area contributed by atoms with Crippen LogP contribution in [0.5, 0.6) is 0 Å². The van der Waals surface area contributed by atoms with E-state index in [-0.39, 0.29) is 11.6 Å². The second-order valence-electron chi connectivity index (χ2n) is 7.54. The Morgan fingerprint density at radius 2 is 2.09 bits per heavy atom. The van der Waals surface area contributed by atoms with E-state index in [1.54, 1.807) is 0 Å². The number of anilines is 1. The van der Waals surface area contributed by atoms with Crippen LogP contribution in [0, 0.1) is 0 Å². The van der Waals surface area contributed by atoms with Gasteiger partial charge in [0, 0.05) is 30.4 Å². The molecule has 1 aliphatic heterocycles. The summed E-state index contributed by atoms with van der Waals surface area (Å²) in [5.41, 5.74) is 2.38. The molecule has 1 unspecified atom stereocenters. The van der Waals surface area contributed by atoms with E-state index in [0.717, 1.165) is 25.4 Å². The first kappa shape index (κ1) is 15.8. The normalized spacial score (nSPS) is 23.1. The summed E-state index contributed by atoms with van der Waals surface area (Å²) in [7, 11) is 0. The maximum Gasteiger partial charge on any atom is 0.0926 e. The highest BCUT2D eigenvalue weighted by molar-refractivity contribution is 5.45. The molecule has 122 valence electrons. The minimum atomic E-state index is 0.0190. The molecule has 3 rings (SSSR count). The lowest BCUT2D eigenvalue weighted by atomic mass is 9.95. The maximum atomic E-state index is 6.06. The summed E-state index contributed by atoms with van der Waals surface area (Å²) in [6, 6.07) is 5.05. The molecule has 4 heteroatoms. The van der Waals surface area contributed by atoms with Crippen LogP contribution >= 0.6 is 0 Å². The lowest BCUT2D eigenvalue weighted by molar-refractivity contribution is -0.0134. The van der Waals surface area contributed by atoms with Gasteiger partial charge in [-0.1, -0.05) is 13.8 Å². The number of ether oxygens (including phenoxy) is 1. The van der Waals surface area contributed by atoms with E-state index >= 15 is 0 Å². The van der Waals surface area contributed by atoms with Gasteiger partial charge in [0.15, 0.2) is 0 Å². The number of aromatic nitrogens is 1. The van der Waals surface area contributed by atoms with Crippen molar-refractivity contribution in [2.75, 3.05) is 24.6 Å². The molecular formula is C18H29N3O. The van der Waals surface area contributed by atoms with Gasteiger partial charge < -0.3 is 15.0 Å². The Hall–Kier alpha value is -1.13. The van der Waals surface area contributed by atoms with E-state index in [0.29, 0.717) is 12.0 Å². The summed E-state index contributed by atoms with van der Waals surface area (Å²) in [5, 5.41) is 3.73. The number of rotatable bonds is 5. The molecule has 2 fully saturated rings. The molecule has 0 bridgehead atoms. The first-order valence-corrected chi connectivity index (χ1v) is 8.56. The second-order valence-corrected chi connectivity index (χ2v) is 7.54. The molecular weight excluding hydrogens is 274 g/mol.